The molecule has 4 heteroatoms. The summed E-state index contributed by atoms with van der Waals surface area (Å²) in [4.78, 5) is 2.23. The Labute approximate surface area is 104 Å². The van der Waals surface area contributed by atoms with Crippen molar-refractivity contribution in [1.29, 1.82) is 0 Å². The Kier molecular flexibility index (Phi) is 4.32. The fourth-order valence-electron chi connectivity index (χ4n) is 1.88. The Bertz CT molecular complexity index is 348. The van der Waals surface area contributed by atoms with E-state index in [1.54, 1.807) is 6.07 Å². The number of hydrogen-bond donors (Lipinski definition) is 0. The maximum atomic E-state index is 13.5. The Morgan fingerprint density at radius 3 is 3.00 bits per heavy atom. The summed E-state index contributed by atoms with van der Waals surface area (Å²) >= 11 is 3.41. The molecule has 1 aromatic rings. The van der Waals surface area contributed by atoms with E-state index in [0.29, 0.717) is 6.54 Å². The molecule has 0 radical (unpaired) electrons. The summed E-state index contributed by atoms with van der Waals surface area (Å²) in [5, 5.41) is 0.834. The fraction of sp³-hybridized carbons (Fsp3) is 0.500. The third kappa shape index (κ3) is 3.03. The van der Waals surface area contributed by atoms with E-state index < -0.39 is 0 Å². The van der Waals surface area contributed by atoms with Crippen molar-refractivity contribution in [2.24, 2.45) is 0 Å². The van der Waals surface area contributed by atoms with Crippen molar-refractivity contribution in [3.63, 3.8) is 0 Å². The van der Waals surface area contributed by atoms with Gasteiger partial charge in [-0.05, 0) is 6.07 Å². The van der Waals surface area contributed by atoms with Gasteiger partial charge in [0.15, 0.2) is 0 Å². The van der Waals surface area contributed by atoms with E-state index in [4.69, 9.17) is 4.74 Å². The highest BCUT2D eigenvalue weighted by Crippen LogP contribution is 2.14. The van der Waals surface area contributed by atoms with Crippen LogP contribution in [0.15, 0.2) is 24.3 Å². The summed E-state index contributed by atoms with van der Waals surface area (Å²) in [6.07, 6.45) is 0.223. The van der Waals surface area contributed by atoms with Crippen molar-refractivity contribution in [3.05, 3.63) is 35.6 Å². The molecule has 0 bridgehead atoms. The van der Waals surface area contributed by atoms with Crippen molar-refractivity contribution >= 4 is 15.9 Å². The van der Waals surface area contributed by atoms with Crippen LogP contribution in [0.1, 0.15) is 5.56 Å². The first-order valence-corrected chi connectivity index (χ1v) is 6.55. The van der Waals surface area contributed by atoms with Crippen LogP contribution in [0.25, 0.3) is 0 Å². The summed E-state index contributed by atoms with van der Waals surface area (Å²) in [5.41, 5.74) is 0.762. The van der Waals surface area contributed by atoms with Crippen LogP contribution in [0.3, 0.4) is 0 Å². The predicted molar refractivity (Wildman–Crippen MR) is 65.2 cm³/mol. The summed E-state index contributed by atoms with van der Waals surface area (Å²) in [6.45, 7) is 3.13. The van der Waals surface area contributed by atoms with Gasteiger partial charge in [-0.3, -0.25) is 4.90 Å². The predicted octanol–water partition coefficient (Wildman–Crippen LogP) is 2.42. The summed E-state index contributed by atoms with van der Waals surface area (Å²) in [5.74, 6) is -0.121. The molecule has 1 atom stereocenters. The number of hydrogen-bond acceptors (Lipinski definition) is 2. The molecule has 88 valence electrons. The Hall–Kier alpha value is -0.450. The van der Waals surface area contributed by atoms with E-state index in [0.717, 1.165) is 30.6 Å². The molecule has 0 N–H and O–H groups in total. The lowest BCUT2D eigenvalue weighted by Gasteiger charge is -2.32. The average Bonchev–Trinajstić information content (AvgIpc) is 2.32. The van der Waals surface area contributed by atoms with Gasteiger partial charge in [0.25, 0.3) is 0 Å². The van der Waals surface area contributed by atoms with Crippen molar-refractivity contribution in [1.82, 2.24) is 4.90 Å². The van der Waals surface area contributed by atoms with Crippen LogP contribution in [0, 0.1) is 5.82 Å². The lowest BCUT2D eigenvalue weighted by Crippen LogP contribution is -2.42. The lowest BCUT2D eigenvalue weighted by atomic mass is 10.2. The standard InChI is InChI=1S/C12H15BrFNO/c13-7-11-9-15(5-6-16-11)8-10-3-1-2-4-12(10)14/h1-4,11H,5-9H2. The number of benzene rings is 1. The Morgan fingerprint density at radius 2 is 2.25 bits per heavy atom. The minimum atomic E-state index is -0.121. The number of alkyl halides is 1. The minimum absolute atomic E-state index is 0.121. The van der Waals surface area contributed by atoms with Crippen molar-refractivity contribution < 1.29 is 9.13 Å². The number of halogens is 2. The number of morpholine rings is 1. The van der Waals surface area contributed by atoms with Crippen LogP contribution in [0.2, 0.25) is 0 Å². The molecule has 0 amide bonds. The third-order valence-electron chi connectivity index (χ3n) is 2.75. The van der Waals surface area contributed by atoms with Crippen molar-refractivity contribution in [3.8, 4) is 0 Å². The van der Waals surface area contributed by atoms with E-state index in [2.05, 4.69) is 20.8 Å². The summed E-state index contributed by atoms with van der Waals surface area (Å²) in [7, 11) is 0. The molecule has 1 saturated heterocycles. The molecule has 0 spiro atoms. The molecular weight excluding hydrogens is 273 g/mol. The van der Waals surface area contributed by atoms with E-state index >= 15 is 0 Å². The van der Waals surface area contributed by atoms with Gasteiger partial charge in [0.2, 0.25) is 0 Å². The van der Waals surface area contributed by atoms with Gasteiger partial charge in [-0.15, -0.1) is 0 Å². The molecule has 0 aliphatic carbocycles. The van der Waals surface area contributed by atoms with Gasteiger partial charge < -0.3 is 4.74 Å². The van der Waals surface area contributed by atoms with E-state index in [-0.39, 0.29) is 11.9 Å². The molecular formula is C12H15BrFNO. The second kappa shape index (κ2) is 5.75. The number of rotatable bonds is 3. The average molecular weight is 288 g/mol. The smallest absolute Gasteiger partial charge is 0.127 e. The van der Waals surface area contributed by atoms with Crippen LogP contribution in [-0.2, 0) is 11.3 Å². The largest absolute Gasteiger partial charge is 0.375 e. The lowest BCUT2D eigenvalue weighted by molar-refractivity contribution is -0.0184. The molecule has 2 rings (SSSR count). The molecule has 1 fully saturated rings. The first kappa shape index (κ1) is 12.0. The van der Waals surface area contributed by atoms with Gasteiger partial charge in [-0.2, -0.15) is 0 Å². The van der Waals surface area contributed by atoms with E-state index in [9.17, 15) is 4.39 Å². The van der Waals surface area contributed by atoms with E-state index in [1.165, 1.54) is 6.07 Å². The molecule has 1 aliphatic heterocycles. The number of nitrogens with zero attached hydrogens (tertiary/aromatic N) is 1. The summed E-state index contributed by atoms with van der Waals surface area (Å²) in [6, 6.07) is 6.95. The zero-order valence-electron chi connectivity index (χ0n) is 9.03. The Balaban J connectivity index is 1.97. The summed E-state index contributed by atoms with van der Waals surface area (Å²) < 4.78 is 19.0. The van der Waals surface area contributed by atoms with Crippen LogP contribution in [-0.4, -0.2) is 36.0 Å². The molecule has 1 unspecified atom stereocenters. The van der Waals surface area contributed by atoms with E-state index in [1.807, 2.05) is 12.1 Å². The second-order valence-corrected chi connectivity index (χ2v) is 4.62. The van der Waals surface area contributed by atoms with Crippen molar-refractivity contribution in [2.75, 3.05) is 25.0 Å². The molecule has 0 saturated carbocycles. The zero-order chi connectivity index (χ0) is 11.4. The van der Waals surface area contributed by atoms with Gasteiger partial charge >= 0.3 is 0 Å². The molecule has 0 aromatic heterocycles. The highest BCUT2D eigenvalue weighted by Gasteiger charge is 2.19. The van der Waals surface area contributed by atoms with Crippen LogP contribution >= 0.6 is 15.9 Å². The highest BCUT2D eigenvalue weighted by molar-refractivity contribution is 9.09. The monoisotopic (exact) mass is 287 g/mol. The maximum absolute atomic E-state index is 13.5. The molecule has 2 nitrogen and oxygen atoms in total. The van der Waals surface area contributed by atoms with Gasteiger partial charge in [0, 0.05) is 30.5 Å². The Morgan fingerprint density at radius 1 is 1.44 bits per heavy atom. The fourth-order valence-corrected chi connectivity index (χ4v) is 2.28. The molecule has 16 heavy (non-hydrogen) atoms. The second-order valence-electron chi connectivity index (χ2n) is 3.97. The highest BCUT2D eigenvalue weighted by atomic mass is 79.9. The van der Waals surface area contributed by atoms with Crippen molar-refractivity contribution in [2.45, 2.75) is 12.6 Å². The molecule has 1 aliphatic rings. The van der Waals surface area contributed by atoms with Gasteiger partial charge in [0.1, 0.15) is 5.82 Å². The zero-order valence-corrected chi connectivity index (χ0v) is 10.6. The van der Waals surface area contributed by atoms with Gasteiger partial charge in [0.05, 0.1) is 12.7 Å². The normalized spacial score (nSPS) is 22.2. The quantitative estimate of drug-likeness (QED) is 0.792. The first-order chi connectivity index (χ1) is 7.79. The number of ether oxygens (including phenoxy) is 1. The van der Waals surface area contributed by atoms with Gasteiger partial charge in [-0.25, -0.2) is 4.39 Å². The SMILES string of the molecule is Fc1ccccc1CN1CCOC(CBr)C1. The van der Waals surface area contributed by atoms with Gasteiger partial charge in [-0.1, -0.05) is 34.1 Å². The van der Waals surface area contributed by atoms with Crippen LogP contribution in [0.5, 0.6) is 0 Å². The topological polar surface area (TPSA) is 12.5 Å². The minimum Gasteiger partial charge on any atom is -0.375 e. The van der Waals surface area contributed by atoms with Crippen LogP contribution in [0.4, 0.5) is 4.39 Å². The maximum Gasteiger partial charge on any atom is 0.127 e. The first-order valence-electron chi connectivity index (χ1n) is 5.43. The molecule has 1 heterocycles. The third-order valence-corrected chi connectivity index (χ3v) is 3.47. The van der Waals surface area contributed by atoms with Crippen LogP contribution < -0.4 is 0 Å². The molecule has 1 aromatic carbocycles.